The van der Waals surface area contributed by atoms with Crippen LogP contribution < -0.4 is 5.32 Å². The highest BCUT2D eigenvalue weighted by Gasteiger charge is 2.30. The minimum Gasteiger partial charge on any atom is -0.444 e. The second-order valence-electron chi connectivity index (χ2n) is 7.08. The summed E-state index contributed by atoms with van der Waals surface area (Å²) in [7, 11) is 0. The highest BCUT2D eigenvalue weighted by atomic mass is 35.5. The van der Waals surface area contributed by atoms with Gasteiger partial charge >= 0.3 is 6.09 Å². The Morgan fingerprint density at radius 2 is 2.00 bits per heavy atom. The maximum absolute atomic E-state index is 12.4. The summed E-state index contributed by atoms with van der Waals surface area (Å²) in [6, 6.07) is 8.02. The molecule has 1 aliphatic heterocycles. The van der Waals surface area contributed by atoms with Crippen molar-refractivity contribution >= 4 is 17.7 Å². The summed E-state index contributed by atoms with van der Waals surface area (Å²) in [4.78, 5) is 14.2. The summed E-state index contributed by atoms with van der Waals surface area (Å²) < 4.78 is 5.53. The van der Waals surface area contributed by atoms with Crippen LogP contribution in [-0.4, -0.2) is 35.7 Å². The lowest BCUT2D eigenvalue weighted by atomic mass is 10.0. The number of carbonyl (C=O) groups excluding carboxylic acids is 1. The molecule has 1 heterocycles. The van der Waals surface area contributed by atoms with Crippen molar-refractivity contribution in [2.45, 2.75) is 58.2 Å². The predicted molar refractivity (Wildman–Crippen MR) is 93.7 cm³/mol. The van der Waals surface area contributed by atoms with Crippen LogP contribution >= 0.6 is 11.6 Å². The van der Waals surface area contributed by atoms with Crippen LogP contribution in [0.2, 0.25) is 5.02 Å². The van der Waals surface area contributed by atoms with E-state index in [2.05, 4.69) is 5.32 Å². The Balaban J connectivity index is 1.86. The van der Waals surface area contributed by atoms with Crippen molar-refractivity contribution in [2.75, 3.05) is 13.1 Å². The highest BCUT2D eigenvalue weighted by molar-refractivity contribution is 6.30. The summed E-state index contributed by atoms with van der Waals surface area (Å²) in [5.74, 6) is 0. The molecule has 1 saturated heterocycles. The van der Waals surface area contributed by atoms with E-state index in [1.807, 2.05) is 49.9 Å². The average molecular weight is 339 g/mol. The van der Waals surface area contributed by atoms with E-state index in [4.69, 9.17) is 16.3 Å². The number of nitrogens with one attached hydrogen (secondary N) is 1. The number of amides is 1. The van der Waals surface area contributed by atoms with Gasteiger partial charge in [0.1, 0.15) is 5.60 Å². The fraction of sp³-hybridized carbons (Fsp3) is 0.611. The van der Waals surface area contributed by atoms with Crippen molar-refractivity contribution in [1.82, 2.24) is 10.2 Å². The number of nitrogens with zero attached hydrogens (tertiary/aromatic N) is 1. The van der Waals surface area contributed by atoms with Gasteiger partial charge in [-0.2, -0.15) is 0 Å². The lowest BCUT2D eigenvalue weighted by Gasteiger charge is -2.37. The van der Waals surface area contributed by atoms with Crippen LogP contribution in [0.15, 0.2) is 24.3 Å². The maximum atomic E-state index is 12.4. The van der Waals surface area contributed by atoms with Gasteiger partial charge in [0.05, 0.1) is 0 Å². The van der Waals surface area contributed by atoms with Crippen LogP contribution in [0.3, 0.4) is 0 Å². The first-order valence-corrected chi connectivity index (χ1v) is 8.68. The van der Waals surface area contributed by atoms with Gasteiger partial charge in [-0.25, -0.2) is 4.79 Å². The van der Waals surface area contributed by atoms with Gasteiger partial charge in [-0.1, -0.05) is 23.7 Å². The van der Waals surface area contributed by atoms with Gasteiger partial charge in [0.15, 0.2) is 0 Å². The topological polar surface area (TPSA) is 41.6 Å². The van der Waals surface area contributed by atoms with E-state index < -0.39 is 5.60 Å². The van der Waals surface area contributed by atoms with Crippen molar-refractivity contribution in [3.63, 3.8) is 0 Å². The van der Waals surface area contributed by atoms with Crippen LogP contribution in [0, 0.1) is 0 Å². The second-order valence-corrected chi connectivity index (χ2v) is 7.52. The van der Waals surface area contributed by atoms with Crippen LogP contribution in [0.25, 0.3) is 0 Å². The number of halogens is 1. The lowest BCUT2D eigenvalue weighted by Crippen LogP contribution is -2.50. The third kappa shape index (κ3) is 6.04. The quantitative estimate of drug-likeness (QED) is 0.893. The second kappa shape index (κ2) is 8.02. The van der Waals surface area contributed by atoms with Gasteiger partial charge in [0.25, 0.3) is 0 Å². The van der Waals surface area contributed by atoms with Crippen LogP contribution in [0.1, 0.15) is 45.6 Å². The molecule has 1 N–H and O–H groups in total. The van der Waals surface area contributed by atoms with E-state index in [1.54, 1.807) is 0 Å². The summed E-state index contributed by atoms with van der Waals surface area (Å²) in [6.45, 7) is 8.05. The number of hydrogen-bond acceptors (Lipinski definition) is 3. The molecule has 0 aromatic heterocycles. The molecule has 1 aromatic rings. The first-order chi connectivity index (χ1) is 10.8. The van der Waals surface area contributed by atoms with Gasteiger partial charge < -0.3 is 15.0 Å². The number of carbonyl (C=O) groups is 1. The molecule has 4 nitrogen and oxygen atoms in total. The Labute approximate surface area is 144 Å². The summed E-state index contributed by atoms with van der Waals surface area (Å²) >= 11 is 5.90. The molecule has 23 heavy (non-hydrogen) atoms. The van der Waals surface area contributed by atoms with Crippen molar-refractivity contribution in [3.8, 4) is 0 Å². The van der Waals surface area contributed by atoms with Crippen molar-refractivity contribution in [2.24, 2.45) is 0 Å². The zero-order valence-corrected chi connectivity index (χ0v) is 15.0. The molecule has 1 aromatic carbocycles. The fourth-order valence-corrected chi connectivity index (χ4v) is 2.89. The van der Waals surface area contributed by atoms with Crippen molar-refractivity contribution in [3.05, 3.63) is 34.9 Å². The molecular formula is C18H27ClN2O2. The van der Waals surface area contributed by atoms with Gasteiger partial charge in [-0.15, -0.1) is 0 Å². The molecule has 0 bridgehead atoms. The summed E-state index contributed by atoms with van der Waals surface area (Å²) in [5, 5.41) is 4.19. The minimum atomic E-state index is -0.449. The zero-order chi connectivity index (χ0) is 16.9. The number of hydrogen-bond donors (Lipinski definition) is 1. The SMILES string of the molecule is CC(C)(C)OC(=O)N1CCCCC1CNCc1ccc(Cl)cc1. The van der Waals surface area contributed by atoms with E-state index in [1.165, 1.54) is 5.56 Å². The van der Waals surface area contributed by atoms with E-state index in [0.717, 1.165) is 43.9 Å². The van der Waals surface area contributed by atoms with E-state index in [-0.39, 0.29) is 12.1 Å². The number of piperidine rings is 1. The molecule has 1 unspecified atom stereocenters. The van der Waals surface area contributed by atoms with Crippen LogP contribution in [-0.2, 0) is 11.3 Å². The Bertz CT molecular complexity index is 511. The molecule has 0 spiro atoms. The minimum absolute atomic E-state index is 0.199. The van der Waals surface area contributed by atoms with Crippen molar-refractivity contribution in [1.29, 1.82) is 0 Å². The van der Waals surface area contributed by atoms with Crippen LogP contribution in [0.4, 0.5) is 4.79 Å². The first kappa shape index (κ1) is 18.1. The Morgan fingerprint density at radius 1 is 1.30 bits per heavy atom. The molecule has 0 radical (unpaired) electrons. The predicted octanol–water partition coefficient (Wildman–Crippen LogP) is 4.22. The Morgan fingerprint density at radius 3 is 2.65 bits per heavy atom. The molecule has 0 saturated carbocycles. The van der Waals surface area contributed by atoms with E-state index in [0.29, 0.717) is 0 Å². The van der Waals surface area contributed by atoms with Gasteiger partial charge in [-0.3, -0.25) is 0 Å². The summed E-state index contributed by atoms with van der Waals surface area (Å²) in [5.41, 5.74) is 0.740. The highest BCUT2D eigenvalue weighted by Crippen LogP contribution is 2.20. The standard InChI is InChI=1S/C18H27ClN2O2/c1-18(2,3)23-17(22)21-11-5-4-6-16(21)13-20-12-14-7-9-15(19)10-8-14/h7-10,16,20H,4-6,11-13H2,1-3H3. The molecule has 128 valence electrons. The number of likely N-dealkylation sites (tertiary alicyclic amines) is 1. The molecule has 1 amide bonds. The van der Waals surface area contributed by atoms with E-state index in [9.17, 15) is 4.79 Å². The third-order valence-electron chi connectivity index (χ3n) is 3.88. The first-order valence-electron chi connectivity index (χ1n) is 8.30. The molecule has 1 atom stereocenters. The van der Waals surface area contributed by atoms with Crippen molar-refractivity contribution < 1.29 is 9.53 Å². The fourth-order valence-electron chi connectivity index (χ4n) is 2.76. The molecule has 2 rings (SSSR count). The maximum Gasteiger partial charge on any atom is 0.410 e. The molecule has 0 aliphatic carbocycles. The van der Waals surface area contributed by atoms with Gasteiger partial charge in [0, 0.05) is 30.7 Å². The molecular weight excluding hydrogens is 312 g/mol. The zero-order valence-electron chi connectivity index (χ0n) is 14.3. The number of ether oxygens (including phenoxy) is 1. The average Bonchev–Trinajstić information content (AvgIpc) is 2.48. The van der Waals surface area contributed by atoms with Gasteiger partial charge in [-0.05, 0) is 57.7 Å². The Kier molecular flexibility index (Phi) is 6.31. The number of rotatable bonds is 4. The third-order valence-corrected chi connectivity index (χ3v) is 4.13. The summed E-state index contributed by atoms with van der Waals surface area (Å²) in [6.07, 6.45) is 3.03. The number of benzene rings is 1. The van der Waals surface area contributed by atoms with E-state index >= 15 is 0 Å². The molecule has 5 heteroatoms. The molecule has 1 aliphatic rings. The largest absolute Gasteiger partial charge is 0.444 e. The lowest BCUT2D eigenvalue weighted by molar-refractivity contribution is 0.00993. The monoisotopic (exact) mass is 338 g/mol. The van der Waals surface area contributed by atoms with Gasteiger partial charge in [0.2, 0.25) is 0 Å². The molecule has 1 fully saturated rings. The normalized spacial score (nSPS) is 18.8. The van der Waals surface area contributed by atoms with Crippen LogP contribution in [0.5, 0.6) is 0 Å². The Hall–Kier alpha value is -1.26. The smallest absolute Gasteiger partial charge is 0.410 e.